The van der Waals surface area contributed by atoms with Gasteiger partial charge in [-0.05, 0) is 170 Å². The van der Waals surface area contributed by atoms with Gasteiger partial charge < -0.3 is 13.8 Å². The van der Waals surface area contributed by atoms with E-state index in [-0.39, 0.29) is 33.3 Å². The van der Waals surface area contributed by atoms with Crippen LogP contribution < -0.4 is 0 Å². The Bertz CT molecular complexity index is 2130. The number of terminal acetylenes is 1. The second-order valence-electron chi connectivity index (χ2n) is 22.1. The van der Waals surface area contributed by atoms with Crippen molar-refractivity contribution in [2.45, 2.75) is 331 Å². The second-order valence-corrected chi connectivity index (χ2v) is 22.1. The van der Waals surface area contributed by atoms with Gasteiger partial charge in [0.05, 0.1) is 17.1 Å². The number of aliphatic imine (C=N–C) groups is 2. The Morgan fingerprint density at radius 2 is 0.738 bits per heavy atom. The number of hydrogen-bond acceptors (Lipinski definition) is 2. The smallest absolute Gasteiger partial charge is 0.343 e. The van der Waals surface area contributed by atoms with Crippen molar-refractivity contribution in [3.05, 3.63) is 71.5 Å². The third-order valence-electron chi connectivity index (χ3n) is 14.8. The van der Waals surface area contributed by atoms with Crippen molar-refractivity contribution in [3.63, 3.8) is 0 Å². The van der Waals surface area contributed by atoms with Gasteiger partial charge in [-0.15, -0.1) is 6.42 Å². The molecule has 0 atom stereocenters. The fourth-order valence-corrected chi connectivity index (χ4v) is 9.88. The van der Waals surface area contributed by atoms with Crippen molar-refractivity contribution in [1.82, 2.24) is 0 Å². The summed E-state index contributed by atoms with van der Waals surface area (Å²) in [5, 5.41) is 0. The van der Waals surface area contributed by atoms with Crippen LogP contribution in [0.1, 0.15) is 346 Å². The van der Waals surface area contributed by atoms with Gasteiger partial charge in [-0.25, -0.2) is 0 Å². The molecule has 0 bridgehead atoms. The Hall–Kier alpha value is -3.76. The monoisotopic (exact) mass is 1200 g/mol. The van der Waals surface area contributed by atoms with E-state index in [1.54, 1.807) is 5.56 Å². The van der Waals surface area contributed by atoms with Gasteiger partial charge >= 0.3 is 20.4 Å². The molecular formula is C77H138N2Pd. The molecule has 0 fully saturated rings. The molecule has 0 saturated heterocycles. The molecular weight excluding hydrogens is 1060 g/mol. The van der Waals surface area contributed by atoms with Crippen molar-refractivity contribution in [1.29, 1.82) is 0 Å². The van der Waals surface area contributed by atoms with E-state index in [9.17, 15) is 0 Å². The third kappa shape index (κ3) is 44.8. The maximum atomic E-state index is 5.23. The van der Waals surface area contributed by atoms with Crippen LogP contribution in [0.2, 0.25) is 0 Å². The van der Waals surface area contributed by atoms with Crippen molar-refractivity contribution in [2.75, 3.05) is 0 Å². The van der Waals surface area contributed by atoms with Crippen LogP contribution >= 0.6 is 0 Å². The minimum atomic E-state index is 0. The van der Waals surface area contributed by atoms with Gasteiger partial charge in [0.15, 0.2) is 0 Å². The zero-order valence-corrected chi connectivity index (χ0v) is 55.0. The van der Waals surface area contributed by atoms with Gasteiger partial charge in [0, 0.05) is 24.6 Å². The molecule has 0 heterocycles. The van der Waals surface area contributed by atoms with E-state index in [1.807, 2.05) is 6.21 Å². The zero-order valence-electron chi connectivity index (χ0n) is 53.5. The Labute approximate surface area is 526 Å². The summed E-state index contributed by atoms with van der Waals surface area (Å²) < 4.78 is 0. The molecule has 0 saturated carbocycles. The summed E-state index contributed by atoms with van der Waals surface area (Å²) in [6.45, 7) is 25.7. The molecule has 0 aliphatic carbocycles. The molecule has 80 heavy (non-hydrogen) atoms. The van der Waals surface area contributed by atoms with Crippen LogP contribution in [0.5, 0.6) is 0 Å². The molecule has 2 nitrogen and oxygen atoms in total. The summed E-state index contributed by atoms with van der Waals surface area (Å²) in [4.78, 5) is 10.3. The van der Waals surface area contributed by atoms with Crippen LogP contribution in [-0.2, 0) is 52.5 Å². The van der Waals surface area contributed by atoms with E-state index in [2.05, 4.69) is 147 Å². The first-order valence-corrected chi connectivity index (χ1v) is 33.3. The van der Waals surface area contributed by atoms with E-state index in [1.165, 1.54) is 241 Å². The van der Waals surface area contributed by atoms with E-state index in [4.69, 9.17) is 16.4 Å². The number of benzene rings is 2. The molecule has 0 aliphatic rings. The first kappa shape index (κ1) is 78.3. The van der Waals surface area contributed by atoms with Crippen molar-refractivity contribution in [3.8, 4) is 59.7 Å². The summed E-state index contributed by atoms with van der Waals surface area (Å²) in [5.74, 6) is 25.0. The average molecular weight is 1200 g/mol. The fraction of sp³-hybridized carbons (Fsp3) is 0.662. The van der Waals surface area contributed by atoms with E-state index in [0.717, 1.165) is 80.4 Å². The molecule has 3 heteroatoms. The molecule has 2 aromatic rings. The van der Waals surface area contributed by atoms with E-state index >= 15 is 0 Å². The minimum Gasteiger partial charge on any atom is -0.343 e. The molecule has 0 unspecified atom stereocenters. The zero-order chi connectivity index (χ0) is 57.9. The average Bonchev–Trinajstić information content (AvgIpc) is 3.58. The minimum absolute atomic E-state index is 0. The van der Waals surface area contributed by atoms with Crippen LogP contribution in [-0.4, -0.2) is 11.9 Å². The standard InChI is InChI=1S/C58H80N2.C12H25.C7H15.Pd.9H2/c1-8-15-21-23-25-27-28-29-30-31-32-34-36-38-44-58-52(41-19-12-5)47-56(48-53(58)42-37-35-33-26-24-22-16-9-2)60-54(14-7)49-59-55-45-50(39-17-10-3)57(43-20-13-6)51(46-55)40-18-11-4;1-3-5-7-9-11-12-10-8-6-4-2;1-3-5-7-6-4-2;;;;;;;;;;/h2,45-49H,8,10-15,17-21,23,25,27-32,34,36,38-41,43-44H2,1,3-7H3;1,3-12H2,2H3;1,3-7H2,2H3;;9*1H/q;2*-1;+2;;;;;;;;;. The third-order valence-corrected chi connectivity index (χ3v) is 14.8. The summed E-state index contributed by atoms with van der Waals surface area (Å²) in [7, 11) is 0. The number of unbranched alkanes of at least 4 members (excludes halogenated alkanes) is 30. The molecule has 0 N–H and O–H groups in total. The number of hydrogen-bond donors (Lipinski definition) is 0. The van der Waals surface area contributed by atoms with Gasteiger partial charge in [0.2, 0.25) is 0 Å². The first-order valence-electron chi connectivity index (χ1n) is 33.3. The molecule has 466 valence electrons. The van der Waals surface area contributed by atoms with Crippen LogP contribution in [0.3, 0.4) is 0 Å². The number of nitrogens with zero attached hydrogens (tertiary/aromatic N) is 2. The van der Waals surface area contributed by atoms with Crippen LogP contribution in [0.4, 0.5) is 11.4 Å². The quantitative estimate of drug-likeness (QED) is 0.0208. The Morgan fingerprint density at radius 3 is 1.15 bits per heavy atom. The molecule has 0 amide bonds. The van der Waals surface area contributed by atoms with Crippen molar-refractivity contribution < 1.29 is 33.3 Å². The predicted octanol–water partition coefficient (Wildman–Crippen LogP) is 25.7. The summed E-state index contributed by atoms with van der Waals surface area (Å²) >= 11 is 0. The SMILES string of the molecule is C#CC#CC#CC#CC#Cc1cc(N=C(C=Nc2cc(CCCC)c(CCCC)c(CCCC)c2)CC)cc(CCCC)c1CCCCCCCCCCCCCCCC.[CH2-]CCCCCC.[CH2-]CCCCCCCCCCC.[HH].[HH].[HH].[HH].[HH].[HH].[HH].[HH].[HH].[Pd+2]. The Balaban J connectivity index is -0.000000201. The fourth-order valence-electron chi connectivity index (χ4n) is 9.88. The molecule has 0 spiro atoms. The first-order chi connectivity index (χ1) is 38.9. The molecule has 2 rings (SSSR count). The van der Waals surface area contributed by atoms with Crippen LogP contribution in [0.15, 0.2) is 34.3 Å². The molecule has 0 aromatic heterocycles. The maximum absolute atomic E-state index is 5.23. The number of rotatable bonds is 44. The Kier molecular flexibility index (Phi) is 60.0. The Morgan fingerprint density at radius 1 is 0.400 bits per heavy atom. The largest absolute Gasteiger partial charge is 2.00 e. The normalized spacial score (nSPS) is 10.5. The topological polar surface area (TPSA) is 24.7 Å². The van der Waals surface area contributed by atoms with Gasteiger partial charge in [0.25, 0.3) is 0 Å². The summed E-state index contributed by atoms with van der Waals surface area (Å²) in [5.41, 5.74) is 11.3. The number of aryl methyl sites for hydroxylation is 3. The van der Waals surface area contributed by atoms with E-state index in [0.29, 0.717) is 0 Å². The maximum Gasteiger partial charge on any atom is 2.00 e. The molecule has 2 aromatic carbocycles. The van der Waals surface area contributed by atoms with Gasteiger partial charge in [-0.3, -0.25) is 9.98 Å². The molecule has 0 radical (unpaired) electrons. The van der Waals surface area contributed by atoms with Crippen molar-refractivity contribution >= 4 is 23.3 Å². The van der Waals surface area contributed by atoms with Gasteiger partial charge in [0.1, 0.15) is 0 Å². The predicted molar refractivity (Wildman–Crippen MR) is 376 cm³/mol. The van der Waals surface area contributed by atoms with Gasteiger partial charge in [-0.1, -0.05) is 254 Å². The van der Waals surface area contributed by atoms with Gasteiger partial charge in [-0.2, -0.15) is 12.8 Å². The van der Waals surface area contributed by atoms with E-state index < -0.39 is 0 Å². The van der Waals surface area contributed by atoms with Crippen LogP contribution in [0, 0.1) is 73.6 Å². The van der Waals surface area contributed by atoms with Crippen molar-refractivity contribution in [2.24, 2.45) is 9.98 Å². The summed E-state index contributed by atoms with van der Waals surface area (Å²) in [6.07, 6.45) is 62.4. The summed E-state index contributed by atoms with van der Waals surface area (Å²) in [6, 6.07) is 9.20. The van der Waals surface area contributed by atoms with Crippen LogP contribution in [0.25, 0.3) is 0 Å². The second kappa shape index (κ2) is 61.3. The molecule has 0 aliphatic heterocycles.